The molecular formula is C16H18N2O3. The summed E-state index contributed by atoms with van der Waals surface area (Å²) < 4.78 is 0. The van der Waals surface area contributed by atoms with E-state index in [0.717, 1.165) is 5.56 Å². The van der Waals surface area contributed by atoms with Crippen molar-refractivity contribution in [3.8, 4) is 11.8 Å². The molecule has 5 heteroatoms. The maximum atomic E-state index is 12.6. The van der Waals surface area contributed by atoms with Gasteiger partial charge in [0.05, 0.1) is 0 Å². The van der Waals surface area contributed by atoms with E-state index in [1.54, 1.807) is 11.0 Å². The summed E-state index contributed by atoms with van der Waals surface area (Å²) in [5.41, 5.74) is 2.16. The van der Waals surface area contributed by atoms with Crippen LogP contribution in [-0.2, 0) is 4.79 Å². The topological polar surface area (TPSA) is 69.6 Å². The van der Waals surface area contributed by atoms with Crippen molar-refractivity contribution in [2.45, 2.75) is 13.3 Å². The van der Waals surface area contributed by atoms with E-state index >= 15 is 0 Å². The number of amides is 2. The van der Waals surface area contributed by atoms with Crippen LogP contribution in [0.2, 0.25) is 0 Å². The molecule has 0 aromatic heterocycles. The number of hydrogen-bond acceptors (Lipinski definition) is 3. The highest BCUT2D eigenvalue weighted by Crippen LogP contribution is 2.14. The molecule has 2 N–H and O–H groups in total. The smallest absolute Gasteiger partial charge is 0.254 e. The van der Waals surface area contributed by atoms with Crippen LogP contribution < -0.4 is 5.32 Å². The Kier molecular flexibility index (Phi) is 4.96. The number of nitrogens with one attached hydrogen (secondary N) is 1. The summed E-state index contributed by atoms with van der Waals surface area (Å²) in [4.78, 5) is 25.6. The van der Waals surface area contributed by atoms with E-state index in [0.29, 0.717) is 37.2 Å². The van der Waals surface area contributed by atoms with Crippen molar-refractivity contribution in [3.05, 3.63) is 34.9 Å². The van der Waals surface area contributed by atoms with Gasteiger partial charge in [-0.1, -0.05) is 17.9 Å². The molecule has 2 rings (SSSR count). The van der Waals surface area contributed by atoms with Crippen molar-refractivity contribution in [1.82, 2.24) is 10.2 Å². The van der Waals surface area contributed by atoms with Gasteiger partial charge in [-0.25, -0.2) is 0 Å². The van der Waals surface area contributed by atoms with Crippen LogP contribution in [0, 0.1) is 18.8 Å². The third-order valence-electron chi connectivity index (χ3n) is 3.38. The van der Waals surface area contributed by atoms with Gasteiger partial charge in [-0.3, -0.25) is 9.59 Å². The summed E-state index contributed by atoms with van der Waals surface area (Å²) in [7, 11) is 0. The van der Waals surface area contributed by atoms with Gasteiger partial charge in [0.15, 0.2) is 0 Å². The first-order valence-electron chi connectivity index (χ1n) is 6.88. The lowest BCUT2D eigenvalue weighted by molar-refractivity contribution is -0.120. The molecule has 0 atom stereocenters. The summed E-state index contributed by atoms with van der Waals surface area (Å²) in [5.74, 6) is 5.26. The fourth-order valence-electron chi connectivity index (χ4n) is 2.21. The second-order valence-electron chi connectivity index (χ2n) is 4.88. The molecule has 0 unspecified atom stereocenters. The molecule has 1 fully saturated rings. The predicted molar refractivity (Wildman–Crippen MR) is 78.7 cm³/mol. The highest BCUT2D eigenvalue weighted by molar-refractivity contribution is 5.96. The van der Waals surface area contributed by atoms with Gasteiger partial charge in [0.1, 0.15) is 6.61 Å². The first-order valence-corrected chi connectivity index (χ1v) is 6.88. The molecule has 1 heterocycles. The highest BCUT2D eigenvalue weighted by atomic mass is 16.2. The van der Waals surface area contributed by atoms with Gasteiger partial charge in [0.2, 0.25) is 5.91 Å². The number of aliphatic hydroxyl groups is 1. The molecule has 0 bridgehead atoms. The number of benzene rings is 1. The molecule has 0 radical (unpaired) electrons. The number of hydrogen-bond donors (Lipinski definition) is 2. The molecule has 0 aliphatic carbocycles. The van der Waals surface area contributed by atoms with Crippen LogP contribution in [0.4, 0.5) is 0 Å². The van der Waals surface area contributed by atoms with Crippen LogP contribution in [0.15, 0.2) is 18.2 Å². The minimum Gasteiger partial charge on any atom is -0.384 e. The van der Waals surface area contributed by atoms with Gasteiger partial charge in [0.25, 0.3) is 5.91 Å². The third-order valence-corrected chi connectivity index (χ3v) is 3.38. The molecule has 1 aromatic rings. The Morgan fingerprint density at radius 3 is 3.00 bits per heavy atom. The Morgan fingerprint density at radius 1 is 1.43 bits per heavy atom. The highest BCUT2D eigenvalue weighted by Gasteiger charge is 2.21. The lowest BCUT2D eigenvalue weighted by Crippen LogP contribution is -2.34. The van der Waals surface area contributed by atoms with Crippen LogP contribution in [0.1, 0.15) is 27.9 Å². The summed E-state index contributed by atoms with van der Waals surface area (Å²) in [6.45, 7) is 3.08. The zero-order chi connectivity index (χ0) is 15.2. The molecule has 1 saturated heterocycles. The molecule has 1 aliphatic heterocycles. The van der Waals surface area contributed by atoms with Gasteiger partial charge in [-0.15, -0.1) is 0 Å². The van der Waals surface area contributed by atoms with E-state index in [4.69, 9.17) is 5.11 Å². The minimum absolute atomic E-state index is 0.0235. The molecule has 1 aromatic carbocycles. The normalized spacial score (nSPS) is 14.8. The van der Waals surface area contributed by atoms with Crippen molar-refractivity contribution in [1.29, 1.82) is 0 Å². The van der Waals surface area contributed by atoms with Gasteiger partial charge in [0, 0.05) is 37.2 Å². The van der Waals surface area contributed by atoms with Crippen LogP contribution in [0.25, 0.3) is 0 Å². The Balaban J connectivity index is 2.23. The summed E-state index contributed by atoms with van der Waals surface area (Å²) in [6, 6.07) is 5.40. The Hall–Kier alpha value is -2.32. The lowest BCUT2D eigenvalue weighted by atomic mass is 10.0. The third kappa shape index (κ3) is 3.83. The Labute approximate surface area is 124 Å². The fraction of sp³-hybridized carbons (Fsp3) is 0.375. The van der Waals surface area contributed by atoms with Gasteiger partial charge in [-0.05, 0) is 24.6 Å². The molecule has 1 aliphatic rings. The number of aryl methyl sites for hydroxylation is 1. The second-order valence-corrected chi connectivity index (χ2v) is 4.88. The average molecular weight is 286 g/mol. The Bertz CT molecular complexity index is 614. The largest absolute Gasteiger partial charge is 0.384 e. The van der Waals surface area contributed by atoms with Gasteiger partial charge in [-0.2, -0.15) is 0 Å². The number of aliphatic hydroxyl groups excluding tert-OH is 1. The van der Waals surface area contributed by atoms with Crippen LogP contribution in [0.3, 0.4) is 0 Å². The van der Waals surface area contributed by atoms with Gasteiger partial charge >= 0.3 is 0 Å². The number of carbonyl (C=O) groups is 2. The van der Waals surface area contributed by atoms with E-state index in [-0.39, 0.29) is 18.4 Å². The van der Waals surface area contributed by atoms with Gasteiger partial charge < -0.3 is 15.3 Å². The van der Waals surface area contributed by atoms with E-state index in [1.165, 1.54) is 0 Å². The van der Waals surface area contributed by atoms with Crippen molar-refractivity contribution >= 4 is 11.8 Å². The number of rotatable bonds is 1. The van der Waals surface area contributed by atoms with Crippen molar-refractivity contribution in [3.63, 3.8) is 0 Å². The summed E-state index contributed by atoms with van der Waals surface area (Å²) in [6.07, 6.45) is 0.328. The fourth-order valence-corrected chi connectivity index (χ4v) is 2.21. The number of carbonyl (C=O) groups excluding carboxylic acids is 2. The molecule has 0 saturated carbocycles. The van der Waals surface area contributed by atoms with Crippen molar-refractivity contribution < 1.29 is 14.7 Å². The molecule has 5 nitrogen and oxygen atoms in total. The molecule has 21 heavy (non-hydrogen) atoms. The second kappa shape index (κ2) is 6.91. The average Bonchev–Trinajstić information content (AvgIpc) is 2.70. The monoisotopic (exact) mass is 286 g/mol. The summed E-state index contributed by atoms with van der Waals surface area (Å²) >= 11 is 0. The first kappa shape index (κ1) is 15.1. The maximum Gasteiger partial charge on any atom is 0.254 e. The van der Waals surface area contributed by atoms with Crippen LogP contribution in [-0.4, -0.2) is 48.1 Å². The zero-order valence-corrected chi connectivity index (χ0v) is 12.0. The van der Waals surface area contributed by atoms with Crippen LogP contribution in [0.5, 0.6) is 0 Å². The SMILES string of the molecule is Cc1ccc(C#CCO)cc1C(=O)N1CCNC(=O)CC1. The molecule has 0 spiro atoms. The minimum atomic E-state index is -0.211. The molecule has 110 valence electrons. The molecule has 2 amide bonds. The van der Waals surface area contributed by atoms with E-state index in [2.05, 4.69) is 17.2 Å². The number of nitrogens with zero attached hydrogens (tertiary/aromatic N) is 1. The quantitative estimate of drug-likeness (QED) is 0.730. The van der Waals surface area contributed by atoms with E-state index in [1.807, 2.05) is 19.1 Å². The molecular weight excluding hydrogens is 268 g/mol. The van der Waals surface area contributed by atoms with Crippen LogP contribution >= 0.6 is 0 Å². The van der Waals surface area contributed by atoms with Crippen molar-refractivity contribution in [2.75, 3.05) is 26.2 Å². The van der Waals surface area contributed by atoms with E-state index < -0.39 is 0 Å². The predicted octanol–water partition coefficient (Wildman–Crippen LogP) is 0.301. The summed E-state index contributed by atoms with van der Waals surface area (Å²) in [5, 5.41) is 11.5. The lowest BCUT2D eigenvalue weighted by Gasteiger charge is -2.20. The maximum absolute atomic E-state index is 12.6. The van der Waals surface area contributed by atoms with E-state index in [9.17, 15) is 9.59 Å². The standard InChI is InChI=1S/C16H18N2O3/c1-12-4-5-13(3-2-10-19)11-14(12)16(21)18-8-6-15(20)17-7-9-18/h4-5,11,19H,6-10H2,1H3,(H,17,20). The van der Waals surface area contributed by atoms with Crippen molar-refractivity contribution in [2.24, 2.45) is 0 Å². The Morgan fingerprint density at radius 2 is 2.24 bits per heavy atom. The zero-order valence-electron chi connectivity index (χ0n) is 12.0. The first-order chi connectivity index (χ1) is 10.1.